The fraction of sp³-hybridized carbons (Fsp3) is 0.143. The second kappa shape index (κ2) is 3.10. The molecule has 0 amide bonds. The lowest BCUT2D eigenvalue weighted by Crippen LogP contribution is -2.03. The van der Waals surface area contributed by atoms with Crippen molar-refractivity contribution in [2.75, 3.05) is 6.66 Å². The maximum absolute atomic E-state index is 11.2. The molecule has 1 N–H and O–H groups in total. The highest BCUT2D eigenvalue weighted by atomic mass is 79.9. The minimum atomic E-state index is -3.10. The molecule has 0 saturated heterocycles. The molecule has 2 nitrogen and oxygen atoms in total. The van der Waals surface area contributed by atoms with Crippen molar-refractivity contribution in [3.8, 4) is 0 Å². The third-order valence-electron chi connectivity index (χ3n) is 1.30. The monoisotopic (exact) mass is 234 g/mol. The van der Waals surface area contributed by atoms with Gasteiger partial charge in [-0.05, 0) is 28.1 Å². The highest BCUT2D eigenvalue weighted by Crippen LogP contribution is 2.36. The molecule has 1 atom stereocenters. The molecular weight excluding hydrogens is 227 g/mol. The summed E-state index contributed by atoms with van der Waals surface area (Å²) in [6, 6.07) is 6.95. The van der Waals surface area contributed by atoms with Crippen molar-refractivity contribution in [3.05, 3.63) is 28.7 Å². The van der Waals surface area contributed by atoms with Gasteiger partial charge in [0.15, 0.2) is 0 Å². The minimum Gasteiger partial charge on any atom is -0.341 e. The van der Waals surface area contributed by atoms with E-state index in [4.69, 9.17) is 0 Å². The normalized spacial score (nSPS) is 15.9. The standard InChI is InChI=1S/C7H8BrO2P/c1-11(9,10)7-5-3-2-4-6(7)8/h2-5H,1H3,(H,9,10). The molecule has 0 spiro atoms. The van der Waals surface area contributed by atoms with E-state index < -0.39 is 7.37 Å². The van der Waals surface area contributed by atoms with Gasteiger partial charge in [0.2, 0.25) is 7.37 Å². The topological polar surface area (TPSA) is 37.3 Å². The minimum absolute atomic E-state index is 0.472. The summed E-state index contributed by atoms with van der Waals surface area (Å²) < 4.78 is 11.9. The average molecular weight is 235 g/mol. The van der Waals surface area contributed by atoms with Crippen molar-refractivity contribution in [2.24, 2.45) is 0 Å². The summed E-state index contributed by atoms with van der Waals surface area (Å²) in [6.45, 7) is 1.33. The molecule has 4 heteroatoms. The second-order valence-corrected chi connectivity index (χ2v) is 5.42. The van der Waals surface area contributed by atoms with Gasteiger partial charge in [0.25, 0.3) is 0 Å². The van der Waals surface area contributed by atoms with Crippen LogP contribution in [0, 0.1) is 0 Å². The first-order chi connectivity index (χ1) is 5.02. The summed E-state index contributed by atoms with van der Waals surface area (Å²) in [5, 5.41) is 0.472. The maximum atomic E-state index is 11.2. The number of benzene rings is 1. The third-order valence-corrected chi connectivity index (χ3v) is 3.58. The van der Waals surface area contributed by atoms with Crippen LogP contribution in [0.3, 0.4) is 0 Å². The molecule has 1 aromatic carbocycles. The van der Waals surface area contributed by atoms with Crippen LogP contribution in [0.5, 0.6) is 0 Å². The van der Waals surface area contributed by atoms with E-state index in [1.807, 2.05) is 6.07 Å². The molecule has 0 aliphatic heterocycles. The Labute approximate surface area is 73.8 Å². The van der Waals surface area contributed by atoms with Gasteiger partial charge in [-0.3, -0.25) is 4.57 Å². The van der Waals surface area contributed by atoms with E-state index in [1.54, 1.807) is 18.2 Å². The summed E-state index contributed by atoms with van der Waals surface area (Å²) in [4.78, 5) is 9.20. The molecule has 0 fully saturated rings. The zero-order chi connectivity index (χ0) is 8.48. The molecule has 1 rings (SSSR count). The van der Waals surface area contributed by atoms with Crippen molar-refractivity contribution in [2.45, 2.75) is 0 Å². The Bertz CT molecular complexity index is 305. The number of hydrogen-bond acceptors (Lipinski definition) is 1. The van der Waals surface area contributed by atoms with Crippen molar-refractivity contribution < 1.29 is 9.46 Å². The zero-order valence-corrected chi connectivity index (χ0v) is 8.47. The summed E-state index contributed by atoms with van der Waals surface area (Å²) in [5.41, 5.74) is 0. The molecule has 1 unspecified atom stereocenters. The summed E-state index contributed by atoms with van der Waals surface area (Å²) in [5.74, 6) is 0. The van der Waals surface area contributed by atoms with Gasteiger partial charge in [0.05, 0.1) is 5.30 Å². The largest absolute Gasteiger partial charge is 0.341 e. The Balaban J connectivity index is 3.25. The quantitative estimate of drug-likeness (QED) is 0.755. The fourth-order valence-corrected chi connectivity index (χ4v) is 2.89. The van der Waals surface area contributed by atoms with E-state index in [-0.39, 0.29) is 0 Å². The van der Waals surface area contributed by atoms with E-state index in [2.05, 4.69) is 15.9 Å². The molecule has 0 aliphatic rings. The fourth-order valence-electron chi connectivity index (χ4n) is 0.788. The van der Waals surface area contributed by atoms with Gasteiger partial charge in [0, 0.05) is 11.1 Å². The van der Waals surface area contributed by atoms with E-state index in [0.29, 0.717) is 9.78 Å². The number of hydrogen-bond donors (Lipinski definition) is 1. The Morgan fingerprint density at radius 1 is 1.45 bits per heavy atom. The molecule has 11 heavy (non-hydrogen) atoms. The Hall–Kier alpha value is -0.110. The Kier molecular flexibility index (Phi) is 2.53. The van der Waals surface area contributed by atoms with Gasteiger partial charge in [-0.15, -0.1) is 0 Å². The maximum Gasteiger partial charge on any atom is 0.227 e. The Morgan fingerprint density at radius 3 is 2.36 bits per heavy atom. The lowest BCUT2D eigenvalue weighted by atomic mass is 10.4. The van der Waals surface area contributed by atoms with Crippen LogP contribution in [-0.4, -0.2) is 11.6 Å². The lowest BCUT2D eigenvalue weighted by molar-refractivity contribution is 0.496. The molecule has 0 saturated carbocycles. The highest BCUT2D eigenvalue weighted by Gasteiger charge is 2.15. The predicted molar refractivity (Wildman–Crippen MR) is 49.5 cm³/mol. The van der Waals surface area contributed by atoms with E-state index in [1.165, 1.54) is 6.66 Å². The van der Waals surface area contributed by atoms with Crippen LogP contribution in [0.2, 0.25) is 0 Å². The van der Waals surface area contributed by atoms with Crippen LogP contribution >= 0.6 is 23.3 Å². The molecule has 0 heterocycles. The number of halogens is 1. The van der Waals surface area contributed by atoms with Gasteiger partial charge < -0.3 is 4.89 Å². The summed E-state index contributed by atoms with van der Waals surface area (Å²) in [6.07, 6.45) is 0. The molecule has 0 radical (unpaired) electrons. The second-order valence-electron chi connectivity index (χ2n) is 2.33. The predicted octanol–water partition coefficient (Wildman–Crippen LogP) is 1.97. The van der Waals surface area contributed by atoms with Gasteiger partial charge in [-0.2, -0.15) is 0 Å². The van der Waals surface area contributed by atoms with Gasteiger partial charge >= 0.3 is 0 Å². The Morgan fingerprint density at radius 2 is 2.00 bits per heavy atom. The summed E-state index contributed by atoms with van der Waals surface area (Å²) >= 11 is 3.20. The van der Waals surface area contributed by atoms with Crippen LogP contribution in [0.25, 0.3) is 0 Å². The van der Waals surface area contributed by atoms with Crippen molar-refractivity contribution in [1.29, 1.82) is 0 Å². The van der Waals surface area contributed by atoms with Crippen molar-refractivity contribution >= 4 is 28.6 Å². The first-order valence-corrected chi connectivity index (χ1v) is 5.97. The smallest absolute Gasteiger partial charge is 0.227 e. The summed E-state index contributed by atoms with van der Waals surface area (Å²) in [7, 11) is -3.10. The van der Waals surface area contributed by atoms with Crippen LogP contribution in [0.1, 0.15) is 0 Å². The first-order valence-electron chi connectivity index (χ1n) is 3.07. The zero-order valence-electron chi connectivity index (χ0n) is 5.99. The molecule has 60 valence electrons. The van der Waals surface area contributed by atoms with Crippen LogP contribution in [0.15, 0.2) is 28.7 Å². The van der Waals surface area contributed by atoms with E-state index in [9.17, 15) is 9.46 Å². The molecule has 1 aromatic rings. The van der Waals surface area contributed by atoms with Crippen LogP contribution in [0.4, 0.5) is 0 Å². The van der Waals surface area contributed by atoms with Gasteiger partial charge in [0.1, 0.15) is 0 Å². The molecule has 0 aromatic heterocycles. The van der Waals surface area contributed by atoms with Gasteiger partial charge in [-0.1, -0.05) is 12.1 Å². The van der Waals surface area contributed by atoms with Crippen LogP contribution in [-0.2, 0) is 4.57 Å². The number of rotatable bonds is 1. The SMILES string of the molecule is CP(=O)(O)c1ccccc1Br. The lowest BCUT2D eigenvalue weighted by Gasteiger charge is -2.06. The van der Waals surface area contributed by atoms with Gasteiger partial charge in [-0.25, -0.2) is 0 Å². The van der Waals surface area contributed by atoms with E-state index >= 15 is 0 Å². The average Bonchev–Trinajstić information content (AvgIpc) is 1.86. The van der Waals surface area contributed by atoms with E-state index in [0.717, 1.165) is 0 Å². The third kappa shape index (κ3) is 2.16. The van der Waals surface area contributed by atoms with Crippen molar-refractivity contribution in [1.82, 2.24) is 0 Å². The molecule has 0 bridgehead atoms. The van der Waals surface area contributed by atoms with Crippen molar-refractivity contribution in [3.63, 3.8) is 0 Å². The van der Waals surface area contributed by atoms with Crippen LogP contribution < -0.4 is 5.30 Å². The molecule has 0 aliphatic carbocycles. The molecular formula is C7H8BrO2P. The highest BCUT2D eigenvalue weighted by molar-refractivity contribution is 9.10. The first kappa shape index (κ1) is 8.98.